The lowest BCUT2D eigenvalue weighted by Gasteiger charge is -2.13. The van der Waals surface area contributed by atoms with E-state index in [-0.39, 0.29) is 5.24 Å². The van der Waals surface area contributed by atoms with Crippen LogP contribution in [0, 0.1) is 11.8 Å². The number of benzene rings is 1. The van der Waals surface area contributed by atoms with E-state index in [0.29, 0.717) is 29.9 Å². The summed E-state index contributed by atoms with van der Waals surface area (Å²) in [5.41, 5.74) is 3.04. The van der Waals surface area contributed by atoms with Gasteiger partial charge in [0.1, 0.15) is 11.4 Å². The van der Waals surface area contributed by atoms with Crippen molar-refractivity contribution in [2.45, 2.75) is 52.8 Å². The molecule has 0 bridgehead atoms. The van der Waals surface area contributed by atoms with Crippen molar-refractivity contribution in [1.29, 1.82) is 0 Å². The number of hydrogen-bond donors (Lipinski definition) is 2. The van der Waals surface area contributed by atoms with Crippen molar-refractivity contribution in [3.63, 3.8) is 0 Å². The number of nitrogens with zero attached hydrogens (tertiary/aromatic N) is 3. The molecular weight excluding hydrogens is 551 g/mol. The number of thioether (sulfide) groups is 1. The van der Waals surface area contributed by atoms with Crippen molar-refractivity contribution in [3.05, 3.63) is 99.0 Å². The minimum atomic E-state index is -4.22. The van der Waals surface area contributed by atoms with E-state index in [4.69, 9.17) is 0 Å². The Morgan fingerprint density at radius 1 is 1.15 bits per heavy atom. The number of amides is 1. The van der Waals surface area contributed by atoms with Gasteiger partial charge in [-0.2, -0.15) is 18.1 Å². The molecule has 1 aliphatic heterocycles. The molecule has 11 heteroatoms. The highest BCUT2D eigenvalue weighted by Crippen LogP contribution is 2.32. The first-order valence-electron chi connectivity index (χ1n) is 12.8. The van der Waals surface area contributed by atoms with Crippen molar-refractivity contribution in [2.24, 2.45) is 15.2 Å². The van der Waals surface area contributed by atoms with E-state index in [9.17, 15) is 22.9 Å². The zero-order chi connectivity index (χ0) is 31.2. The molecule has 1 amide bonds. The van der Waals surface area contributed by atoms with Gasteiger partial charge in [0.2, 0.25) is 0 Å². The first-order valence-corrected chi connectivity index (χ1v) is 13.6. The fraction of sp³-hybridized carbons (Fsp3) is 0.367. The van der Waals surface area contributed by atoms with Crippen LogP contribution >= 0.6 is 11.8 Å². The van der Waals surface area contributed by atoms with Crippen LogP contribution in [-0.2, 0) is 12.6 Å². The number of carbonyl (C=O) groups is 1. The highest BCUT2D eigenvalue weighted by Gasteiger charge is 2.32. The lowest BCUT2D eigenvalue weighted by atomic mass is 9.99. The Morgan fingerprint density at radius 2 is 1.83 bits per heavy atom. The third kappa shape index (κ3) is 11.7. The molecule has 1 saturated heterocycles. The Labute approximate surface area is 244 Å². The fourth-order valence-electron chi connectivity index (χ4n) is 3.46. The van der Waals surface area contributed by atoms with E-state index >= 15 is 0 Å². The molecule has 222 valence electrons. The summed E-state index contributed by atoms with van der Waals surface area (Å²) in [7, 11) is 3.44. The Balaban J connectivity index is 0.000000333. The van der Waals surface area contributed by atoms with Gasteiger partial charge in [0.25, 0.3) is 5.24 Å². The van der Waals surface area contributed by atoms with Crippen molar-refractivity contribution in [1.82, 2.24) is 10.6 Å². The van der Waals surface area contributed by atoms with Crippen LogP contribution in [0.3, 0.4) is 0 Å². The Morgan fingerprint density at radius 3 is 2.34 bits per heavy atom. The summed E-state index contributed by atoms with van der Waals surface area (Å²) in [6, 6.07) is 4.44. The Kier molecular flexibility index (Phi) is 14.2. The highest BCUT2D eigenvalue weighted by molar-refractivity contribution is 8.18. The third-order valence-corrected chi connectivity index (χ3v) is 6.48. The third-order valence-electron chi connectivity index (χ3n) is 5.66. The molecule has 1 aromatic rings. The SMILES string of the molecule is C/C=C1C=C(/C=C2\SC(=O)NC2=NC)C=CC/1=NC.C=CNCC(C)(C)N=O.CCc1ccc(C)cc1C(F)(F)F. The molecular formula is C30H38F3N5O2S. The first kappa shape index (κ1) is 35.3. The van der Waals surface area contributed by atoms with E-state index in [1.54, 1.807) is 54.1 Å². The van der Waals surface area contributed by atoms with Crippen LogP contribution in [-0.4, -0.2) is 43.0 Å². The molecule has 0 unspecified atom stereocenters. The maximum absolute atomic E-state index is 12.4. The summed E-state index contributed by atoms with van der Waals surface area (Å²) in [5.74, 6) is 0.626. The molecule has 1 fully saturated rings. The minimum absolute atomic E-state index is 0.0886. The highest BCUT2D eigenvalue weighted by atomic mass is 32.2. The van der Waals surface area contributed by atoms with Gasteiger partial charge in [0.15, 0.2) is 0 Å². The summed E-state index contributed by atoms with van der Waals surface area (Å²) in [4.78, 5) is 30.5. The molecule has 0 saturated carbocycles. The number of allylic oxidation sites excluding steroid dienone is 7. The van der Waals surface area contributed by atoms with Gasteiger partial charge in [0, 0.05) is 20.6 Å². The van der Waals surface area contributed by atoms with E-state index in [1.807, 2.05) is 37.3 Å². The lowest BCUT2D eigenvalue weighted by molar-refractivity contribution is -0.138. The molecule has 0 spiro atoms. The van der Waals surface area contributed by atoms with E-state index in [2.05, 4.69) is 32.4 Å². The second kappa shape index (κ2) is 16.5. The number of nitrogens with one attached hydrogen (secondary N) is 2. The molecule has 0 aromatic heterocycles. The number of rotatable bonds is 6. The van der Waals surface area contributed by atoms with Gasteiger partial charge in [-0.15, -0.1) is 0 Å². The number of aliphatic imine (C=N–C) groups is 2. The molecule has 2 aliphatic rings. The lowest BCUT2D eigenvalue weighted by Crippen LogP contribution is -2.29. The monoisotopic (exact) mass is 589 g/mol. The van der Waals surface area contributed by atoms with Crippen molar-refractivity contribution < 1.29 is 18.0 Å². The predicted octanol–water partition coefficient (Wildman–Crippen LogP) is 7.71. The molecule has 0 radical (unpaired) electrons. The largest absolute Gasteiger partial charge is 0.416 e. The standard InChI is InChI=1S/C14H15N3OS.C10H11F3.C6H12N2O/c1-4-10-7-9(5-6-11(10)15-2)8-12-13(16-3)17-14(18)19-12;1-3-8-5-4-7(2)6-9(8)10(11,12)13;1-4-7-5-6(2,3)8-9/h4-8H,1-3H3,(H,16,17,18);4-6H,3H2,1-2H3;4,7H,1,5H2,2-3H3/b10-4-,12-8-,15-11?;;. The summed E-state index contributed by atoms with van der Waals surface area (Å²) in [6.45, 7) is 12.9. The van der Waals surface area contributed by atoms with Gasteiger partial charge >= 0.3 is 6.18 Å². The topological polar surface area (TPSA) is 95.3 Å². The smallest absolute Gasteiger partial charge is 0.389 e. The molecule has 1 aromatic carbocycles. The second-order valence-electron chi connectivity index (χ2n) is 9.43. The predicted molar refractivity (Wildman–Crippen MR) is 166 cm³/mol. The number of halogens is 3. The number of aryl methyl sites for hydroxylation is 2. The van der Waals surface area contributed by atoms with Crippen LogP contribution in [0.4, 0.5) is 18.0 Å². The van der Waals surface area contributed by atoms with Crippen LogP contribution in [0.1, 0.15) is 44.4 Å². The zero-order valence-electron chi connectivity index (χ0n) is 24.5. The molecule has 1 heterocycles. The van der Waals surface area contributed by atoms with Crippen LogP contribution in [0.15, 0.2) is 92.6 Å². The molecule has 41 heavy (non-hydrogen) atoms. The van der Waals surface area contributed by atoms with Crippen molar-refractivity contribution in [2.75, 3.05) is 20.6 Å². The maximum atomic E-state index is 12.4. The normalized spacial score (nSPS) is 18.8. The minimum Gasteiger partial charge on any atom is -0.389 e. The second-order valence-corrected chi connectivity index (χ2v) is 10.4. The van der Waals surface area contributed by atoms with Crippen LogP contribution in [0.2, 0.25) is 0 Å². The number of alkyl halides is 3. The van der Waals surface area contributed by atoms with E-state index in [0.717, 1.165) is 33.5 Å². The van der Waals surface area contributed by atoms with Gasteiger partial charge in [-0.1, -0.05) is 48.5 Å². The molecule has 0 atom stereocenters. The number of hydrogen-bond acceptors (Lipinski definition) is 7. The maximum Gasteiger partial charge on any atom is 0.416 e. The van der Waals surface area contributed by atoms with Crippen molar-refractivity contribution >= 4 is 28.5 Å². The van der Waals surface area contributed by atoms with E-state index in [1.165, 1.54) is 12.1 Å². The number of amidine groups is 1. The van der Waals surface area contributed by atoms with Gasteiger partial charge in [-0.3, -0.25) is 14.8 Å². The Hall–Kier alpha value is -3.73. The quantitative estimate of drug-likeness (QED) is 0.332. The number of nitroso groups, excluding NO2 is 1. The Bertz CT molecular complexity index is 1290. The van der Waals surface area contributed by atoms with Crippen LogP contribution in [0.5, 0.6) is 0 Å². The summed E-state index contributed by atoms with van der Waals surface area (Å²) in [6.07, 6.45) is 7.71. The zero-order valence-corrected chi connectivity index (χ0v) is 25.3. The average Bonchev–Trinajstić information content (AvgIpc) is 3.30. The van der Waals surface area contributed by atoms with Crippen LogP contribution in [0.25, 0.3) is 0 Å². The molecule has 1 aliphatic carbocycles. The average molecular weight is 590 g/mol. The van der Waals surface area contributed by atoms with Crippen molar-refractivity contribution in [3.8, 4) is 0 Å². The number of carbonyl (C=O) groups excluding carboxylic acids is 1. The molecule has 3 rings (SSSR count). The molecule has 7 nitrogen and oxygen atoms in total. The summed E-state index contributed by atoms with van der Waals surface area (Å²) >= 11 is 1.16. The fourth-order valence-corrected chi connectivity index (χ4v) is 4.24. The van der Waals surface area contributed by atoms with Gasteiger partial charge in [-0.05, 0) is 93.1 Å². The summed E-state index contributed by atoms with van der Waals surface area (Å²) in [5, 5.41) is 8.32. The summed E-state index contributed by atoms with van der Waals surface area (Å²) < 4.78 is 37.2. The van der Waals surface area contributed by atoms with Crippen LogP contribution < -0.4 is 10.6 Å². The van der Waals surface area contributed by atoms with Gasteiger partial charge in [-0.25, -0.2) is 0 Å². The van der Waals surface area contributed by atoms with Gasteiger partial charge < -0.3 is 10.6 Å². The van der Waals surface area contributed by atoms with E-state index < -0.39 is 17.3 Å². The van der Waals surface area contributed by atoms with Gasteiger partial charge in [0.05, 0.1) is 16.2 Å². The first-order chi connectivity index (χ1) is 19.2. The molecule has 2 N–H and O–H groups in total.